The summed E-state index contributed by atoms with van der Waals surface area (Å²) in [6.45, 7) is 6.93. The van der Waals surface area contributed by atoms with Gasteiger partial charge < -0.3 is 0 Å². The van der Waals surface area contributed by atoms with E-state index in [1.54, 1.807) is 0 Å². The van der Waals surface area contributed by atoms with E-state index in [9.17, 15) is 4.79 Å². The third-order valence-electron chi connectivity index (χ3n) is 5.05. The van der Waals surface area contributed by atoms with Crippen molar-refractivity contribution in [3.63, 3.8) is 0 Å². The molecule has 25 heavy (non-hydrogen) atoms. The molecule has 0 saturated carbocycles. The maximum atomic E-state index is 11.6. The molecule has 0 unspecified atom stereocenters. The second-order valence-electron chi connectivity index (χ2n) is 7.12. The van der Waals surface area contributed by atoms with Gasteiger partial charge in [0.25, 0.3) is 0 Å². The molecular formula is C22H36O2Sn. The van der Waals surface area contributed by atoms with Crippen molar-refractivity contribution in [2.24, 2.45) is 0 Å². The van der Waals surface area contributed by atoms with Crippen LogP contribution in [-0.4, -0.2) is 31.5 Å². The summed E-state index contributed by atoms with van der Waals surface area (Å²) in [5, 5.41) is 0. The summed E-state index contributed by atoms with van der Waals surface area (Å²) in [5.41, 5.74) is 1.83. The molecule has 0 amide bonds. The van der Waals surface area contributed by atoms with E-state index in [-0.39, 0.29) is 5.97 Å². The first-order valence-electron chi connectivity index (χ1n) is 9.98. The van der Waals surface area contributed by atoms with Gasteiger partial charge in [0.05, 0.1) is 0 Å². The summed E-state index contributed by atoms with van der Waals surface area (Å²) >= 11 is -2.21. The van der Waals surface area contributed by atoms with Crippen molar-refractivity contribution >= 4 is 30.4 Å². The zero-order valence-electron chi connectivity index (χ0n) is 16.6. The first-order chi connectivity index (χ1) is 12.1. The Kier molecular flexibility index (Phi) is 11.2. The Labute approximate surface area is 158 Å². The Morgan fingerprint density at radius 3 is 1.80 bits per heavy atom. The fourth-order valence-corrected chi connectivity index (χ4v) is 17.5. The van der Waals surface area contributed by atoms with Crippen molar-refractivity contribution in [2.75, 3.05) is 7.11 Å². The van der Waals surface area contributed by atoms with Crippen LogP contribution in [-0.2, 0) is 4.74 Å². The first-order valence-corrected chi connectivity index (χ1v) is 17.7. The molecule has 2 nitrogen and oxygen atoms in total. The third kappa shape index (κ3) is 7.98. The van der Waals surface area contributed by atoms with Crippen molar-refractivity contribution in [3.8, 4) is 0 Å². The van der Waals surface area contributed by atoms with E-state index in [1.807, 2.05) is 24.3 Å². The molecule has 0 N–H and O–H groups in total. The average Bonchev–Trinajstić information content (AvgIpc) is 2.66. The summed E-state index contributed by atoms with van der Waals surface area (Å²) in [6.07, 6.45) is 10.4. The number of carbonyl (C=O) groups excluding carboxylic acids is 1. The van der Waals surface area contributed by atoms with Gasteiger partial charge in [-0.15, -0.1) is 0 Å². The number of unbranched alkanes of at least 4 members (excludes halogenated alkanes) is 3. The quantitative estimate of drug-likeness (QED) is 0.256. The number of ether oxygens (including phenoxy) is 1. The topological polar surface area (TPSA) is 26.3 Å². The molecular weight excluding hydrogens is 415 g/mol. The minimum atomic E-state index is -2.21. The van der Waals surface area contributed by atoms with E-state index in [0.717, 1.165) is 0 Å². The molecule has 0 fully saturated rings. The summed E-state index contributed by atoms with van der Waals surface area (Å²) in [6, 6.07) is 7.82. The third-order valence-corrected chi connectivity index (χ3v) is 19.1. The van der Waals surface area contributed by atoms with Crippen molar-refractivity contribution in [1.82, 2.24) is 0 Å². The zero-order valence-corrected chi connectivity index (χ0v) is 19.5. The van der Waals surface area contributed by atoms with Gasteiger partial charge in [-0.3, -0.25) is 0 Å². The molecule has 0 aliphatic heterocycles. The van der Waals surface area contributed by atoms with Crippen LogP contribution >= 0.6 is 0 Å². The van der Waals surface area contributed by atoms with E-state index >= 15 is 0 Å². The second-order valence-corrected chi connectivity index (χ2v) is 20.1. The summed E-state index contributed by atoms with van der Waals surface area (Å²) in [5.74, 6) is -0.266. The minimum absolute atomic E-state index is 0.266. The summed E-state index contributed by atoms with van der Waals surface area (Å²) < 4.78 is 11.9. The van der Waals surface area contributed by atoms with E-state index < -0.39 is 18.4 Å². The summed E-state index contributed by atoms with van der Waals surface area (Å²) in [4.78, 5) is 11.6. The van der Waals surface area contributed by atoms with E-state index in [2.05, 4.69) is 30.9 Å². The molecule has 0 bridgehead atoms. The molecule has 0 aromatic heterocycles. The van der Waals surface area contributed by atoms with Gasteiger partial charge in [0, 0.05) is 0 Å². The standard InChI is InChI=1S/C10H9O2.3C4H9.Sn/c1-3-8-4-6-9(7-5-8)10(11)12-2;3*1-3-4-2;/h1,3-7H,2H3;3*1,3-4H2,2H3;. The van der Waals surface area contributed by atoms with Gasteiger partial charge in [-0.2, -0.15) is 0 Å². The Bertz CT molecular complexity index is 498. The summed E-state index contributed by atoms with van der Waals surface area (Å²) in [7, 11) is 1.42. The van der Waals surface area contributed by atoms with Crippen LogP contribution in [0.15, 0.2) is 28.4 Å². The van der Waals surface area contributed by atoms with E-state index in [1.165, 1.54) is 64.5 Å². The van der Waals surface area contributed by atoms with Gasteiger partial charge in [0.15, 0.2) is 0 Å². The molecule has 0 spiro atoms. The first kappa shape index (κ1) is 22.3. The predicted molar refractivity (Wildman–Crippen MR) is 112 cm³/mol. The van der Waals surface area contributed by atoms with Crippen LogP contribution in [0.2, 0.25) is 13.3 Å². The van der Waals surface area contributed by atoms with Crippen LogP contribution < -0.4 is 0 Å². The molecule has 3 heteroatoms. The van der Waals surface area contributed by atoms with Crippen molar-refractivity contribution in [2.45, 2.75) is 72.6 Å². The monoisotopic (exact) mass is 452 g/mol. The fourth-order valence-electron chi connectivity index (χ4n) is 3.33. The molecule has 1 aromatic rings. The van der Waals surface area contributed by atoms with Crippen LogP contribution in [0.3, 0.4) is 0 Å². The molecule has 0 aliphatic rings. The van der Waals surface area contributed by atoms with Crippen molar-refractivity contribution < 1.29 is 9.53 Å². The number of hydrogen-bond acceptors (Lipinski definition) is 2. The van der Waals surface area contributed by atoms with Crippen LogP contribution in [0.1, 0.15) is 75.2 Å². The van der Waals surface area contributed by atoms with Crippen LogP contribution in [0, 0.1) is 0 Å². The van der Waals surface area contributed by atoms with Crippen molar-refractivity contribution in [3.05, 3.63) is 39.5 Å². The van der Waals surface area contributed by atoms with Crippen molar-refractivity contribution in [1.29, 1.82) is 0 Å². The molecule has 0 heterocycles. The van der Waals surface area contributed by atoms with Gasteiger partial charge in [-0.05, 0) is 0 Å². The molecule has 1 rings (SSSR count). The van der Waals surface area contributed by atoms with Crippen LogP contribution in [0.25, 0.3) is 6.08 Å². The molecule has 0 saturated heterocycles. The van der Waals surface area contributed by atoms with Gasteiger partial charge in [-0.1, -0.05) is 0 Å². The van der Waals surface area contributed by atoms with Crippen LogP contribution in [0.5, 0.6) is 0 Å². The van der Waals surface area contributed by atoms with Gasteiger partial charge in [0.1, 0.15) is 0 Å². The Balaban J connectivity index is 2.95. The number of methoxy groups -OCH3 is 1. The van der Waals surface area contributed by atoms with Crippen LogP contribution in [0.4, 0.5) is 0 Å². The number of hydrogen-bond donors (Lipinski definition) is 0. The maximum absolute atomic E-state index is 11.6. The number of benzene rings is 1. The SMILES string of the molecule is CCC[CH2][Sn](/[CH]=C/c1ccc(C(=O)OC)cc1)([CH2]CCC)[CH2]CCC. The number of rotatable bonds is 12. The average molecular weight is 451 g/mol. The number of esters is 1. The van der Waals surface area contributed by atoms with Gasteiger partial charge in [0.2, 0.25) is 0 Å². The fraction of sp³-hybridized carbons (Fsp3) is 0.591. The molecule has 0 aliphatic carbocycles. The predicted octanol–water partition coefficient (Wildman–Crippen LogP) is 6.87. The Morgan fingerprint density at radius 2 is 1.40 bits per heavy atom. The zero-order chi connectivity index (χ0) is 18.5. The molecule has 1 aromatic carbocycles. The van der Waals surface area contributed by atoms with Gasteiger partial charge in [-0.25, -0.2) is 0 Å². The van der Waals surface area contributed by atoms with E-state index in [4.69, 9.17) is 4.74 Å². The number of carbonyl (C=O) groups is 1. The van der Waals surface area contributed by atoms with Gasteiger partial charge >= 0.3 is 159 Å². The molecule has 0 atom stereocenters. The normalized spacial score (nSPS) is 11.8. The molecule has 140 valence electrons. The molecule has 0 radical (unpaired) electrons. The Hall–Kier alpha value is -0.771. The second kappa shape index (κ2) is 12.6. The Morgan fingerprint density at radius 1 is 0.920 bits per heavy atom. The van der Waals surface area contributed by atoms with E-state index in [0.29, 0.717) is 5.56 Å².